The van der Waals surface area contributed by atoms with Crippen LogP contribution in [0.5, 0.6) is 5.88 Å². The summed E-state index contributed by atoms with van der Waals surface area (Å²) >= 11 is 0. The summed E-state index contributed by atoms with van der Waals surface area (Å²) in [4.78, 5) is 6.23. The topological polar surface area (TPSA) is 25.4 Å². The minimum Gasteiger partial charge on any atom is -0.473 e. The predicted molar refractivity (Wildman–Crippen MR) is 67.0 cm³/mol. The van der Waals surface area contributed by atoms with E-state index in [9.17, 15) is 4.39 Å². The normalized spacial score (nSPS) is 26.2. The van der Waals surface area contributed by atoms with Crippen molar-refractivity contribution in [2.24, 2.45) is 5.92 Å². The molecule has 0 amide bonds. The highest BCUT2D eigenvalue weighted by Crippen LogP contribution is 2.36. The molecule has 0 radical (unpaired) electrons. The van der Waals surface area contributed by atoms with Crippen LogP contribution in [0.2, 0.25) is 0 Å². The van der Waals surface area contributed by atoms with Crippen molar-refractivity contribution in [2.75, 3.05) is 13.1 Å². The molecule has 2 fully saturated rings. The molecule has 0 spiro atoms. The van der Waals surface area contributed by atoms with Gasteiger partial charge in [0.1, 0.15) is 6.10 Å². The minimum absolute atomic E-state index is 0.153. The first kappa shape index (κ1) is 11.9. The molecule has 1 aliphatic heterocycles. The quantitative estimate of drug-likeness (QED) is 0.768. The molecular weight excluding hydrogens is 231 g/mol. The summed E-state index contributed by atoms with van der Waals surface area (Å²) in [5.74, 6) is 0.811. The maximum Gasteiger partial charge on any atom is 0.216 e. The van der Waals surface area contributed by atoms with E-state index in [1.807, 2.05) is 0 Å². The molecule has 3 nitrogen and oxygen atoms in total. The van der Waals surface area contributed by atoms with Crippen molar-refractivity contribution >= 4 is 0 Å². The highest BCUT2D eigenvalue weighted by atomic mass is 19.1. The Morgan fingerprint density at radius 1 is 1.39 bits per heavy atom. The number of hydrogen-bond acceptors (Lipinski definition) is 3. The second kappa shape index (κ2) is 4.84. The van der Waals surface area contributed by atoms with Gasteiger partial charge in [0.15, 0.2) is 0 Å². The van der Waals surface area contributed by atoms with E-state index < -0.39 is 5.95 Å². The molecule has 1 aliphatic carbocycles. The van der Waals surface area contributed by atoms with Gasteiger partial charge >= 0.3 is 0 Å². The van der Waals surface area contributed by atoms with Gasteiger partial charge in [-0.15, -0.1) is 0 Å². The van der Waals surface area contributed by atoms with Crippen LogP contribution in [0, 0.1) is 11.9 Å². The lowest BCUT2D eigenvalue weighted by Gasteiger charge is -2.23. The molecule has 2 heterocycles. The molecule has 4 heteroatoms. The Bertz CT molecular complexity index is 422. The van der Waals surface area contributed by atoms with Crippen molar-refractivity contribution in [2.45, 2.75) is 38.3 Å². The summed E-state index contributed by atoms with van der Waals surface area (Å²) in [5.41, 5.74) is 0. The molecule has 1 saturated carbocycles. The molecule has 2 atom stereocenters. The van der Waals surface area contributed by atoms with Gasteiger partial charge in [0.05, 0.1) is 0 Å². The molecule has 0 bridgehead atoms. The van der Waals surface area contributed by atoms with Crippen molar-refractivity contribution in [1.82, 2.24) is 9.88 Å². The van der Waals surface area contributed by atoms with Gasteiger partial charge in [-0.2, -0.15) is 9.37 Å². The SMILES string of the molecule is CC(C1CC1)N1CCC(Oc2cccc(F)n2)C1. The number of halogens is 1. The maximum atomic E-state index is 13.0. The Morgan fingerprint density at radius 3 is 2.94 bits per heavy atom. The zero-order chi connectivity index (χ0) is 12.5. The fraction of sp³-hybridized carbons (Fsp3) is 0.643. The molecule has 98 valence electrons. The largest absolute Gasteiger partial charge is 0.473 e. The fourth-order valence-electron chi connectivity index (χ4n) is 2.72. The summed E-state index contributed by atoms with van der Waals surface area (Å²) in [6, 6.07) is 5.36. The number of nitrogens with zero attached hydrogens (tertiary/aromatic N) is 2. The van der Waals surface area contributed by atoms with Crippen molar-refractivity contribution in [3.05, 3.63) is 24.1 Å². The Morgan fingerprint density at radius 2 is 2.22 bits per heavy atom. The van der Waals surface area contributed by atoms with Gasteiger partial charge in [-0.1, -0.05) is 6.07 Å². The molecule has 2 unspecified atom stereocenters. The van der Waals surface area contributed by atoms with Crippen LogP contribution < -0.4 is 4.74 Å². The highest BCUT2D eigenvalue weighted by molar-refractivity contribution is 5.11. The van der Waals surface area contributed by atoms with Crippen LogP contribution in [0.25, 0.3) is 0 Å². The second-order valence-corrected chi connectivity index (χ2v) is 5.40. The first-order chi connectivity index (χ1) is 8.72. The van der Waals surface area contributed by atoms with Crippen molar-refractivity contribution in [3.63, 3.8) is 0 Å². The average Bonchev–Trinajstić information content (AvgIpc) is 3.09. The smallest absolute Gasteiger partial charge is 0.216 e. The Balaban J connectivity index is 1.55. The predicted octanol–water partition coefficient (Wildman–Crippen LogP) is 2.47. The molecule has 1 aromatic rings. The molecular formula is C14H19FN2O. The summed E-state index contributed by atoms with van der Waals surface area (Å²) in [5, 5.41) is 0. The van der Waals surface area contributed by atoms with Crippen molar-refractivity contribution in [1.29, 1.82) is 0 Å². The zero-order valence-corrected chi connectivity index (χ0v) is 10.7. The molecule has 1 saturated heterocycles. The first-order valence-corrected chi connectivity index (χ1v) is 6.75. The Hall–Kier alpha value is -1.16. The van der Waals surface area contributed by atoms with Crippen LogP contribution in [0.1, 0.15) is 26.2 Å². The molecule has 18 heavy (non-hydrogen) atoms. The number of hydrogen-bond donors (Lipinski definition) is 0. The van der Waals surface area contributed by atoms with Gasteiger partial charge in [-0.05, 0) is 38.2 Å². The lowest BCUT2D eigenvalue weighted by atomic mass is 10.2. The summed E-state index contributed by atoms with van der Waals surface area (Å²) in [6.45, 7) is 4.33. The summed E-state index contributed by atoms with van der Waals surface area (Å²) in [6.07, 6.45) is 3.90. The monoisotopic (exact) mass is 250 g/mol. The van der Waals surface area contributed by atoms with Gasteiger partial charge in [0, 0.05) is 25.2 Å². The van der Waals surface area contributed by atoms with Crippen LogP contribution in [-0.4, -0.2) is 35.1 Å². The molecule has 3 rings (SSSR count). The lowest BCUT2D eigenvalue weighted by Crippen LogP contribution is -2.34. The first-order valence-electron chi connectivity index (χ1n) is 6.75. The summed E-state index contributed by atoms with van der Waals surface area (Å²) < 4.78 is 18.7. The van der Waals surface area contributed by atoms with E-state index >= 15 is 0 Å². The Kier molecular flexibility index (Phi) is 3.20. The third-order valence-corrected chi connectivity index (χ3v) is 4.03. The van der Waals surface area contributed by atoms with Crippen molar-refractivity contribution in [3.8, 4) is 5.88 Å². The minimum atomic E-state index is -0.478. The van der Waals surface area contributed by atoms with Gasteiger partial charge in [0.2, 0.25) is 11.8 Å². The van der Waals surface area contributed by atoms with E-state index in [-0.39, 0.29) is 6.10 Å². The number of rotatable bonds is 4. The highest BCUT2D eigenvalue weighted by Gasteiger charge is 2.36. The van der Waals surface area contributed by atoms with E-state index in [2.05, 4.69) is 16.8 Å². The Labute approximate surface area is 107 Å². The zero-order valence-electron chi connectivity index (χ0n) is 10.7. The number of aromatic nitrogens is 1. The standard InChI is InChI=1S/C14H19FN2O/c1-10(11-5-6-11)17-8-7-12(9-17)18-14-4-2-3-13(15)16-14/h2-4,10-12H,5-9H2,1H3. The van der Waals surface area contributed by atoms with E-state index in [1.54, 1.807) is 12.1 Å². The van der Waals surface area contributed by atoms with E-state index in [4.69, 9.17) is 4.74 Å². The molecule has 0 aromatic carbocycles. The third-order valence-electron chi connectivity index (χ3n) is 4.03. The van der Waals surface area contributed by atoms with Crippen LogP contribution in [0.4, 0.5) is 4.39 Å². The van der Waals surface area contributed by atoms with Crippen molar-refractivity contribution < 1.29 is 9.13 Å². The number of ether oxygens (including phenoxy) is 1. The van der Waals surface area contributed by atoms with Gasteiger partial charge in [-0.3, -0.25) is 4.90 Å². The molecule has 0 N–H and O–H groups in total. The molecule has 2 aliphatic rings. The second-order valence-electron chi connectivity index (χ2n) is 5.40. The van der Waals surface area contributed by atoms with Crippen LogP contribution in [-0.2, 0) is 0 Å². The lowest BCUT2D eigenvalue weighted by molar-refractivity contribution is 0.168. The van der Waals surface area contributed by atoms with Crippen LogP contribution in [0.15, 0.2) is 18.2 Å². The number of likely N-dealkylation sites (tertiary alicyclic amines) is 1. The van der Waals surface area contributed by atoms with Gasteiger partial charge in [-0.25, -0.2) is 0 Å². The third kappa shape index (κ3) is 2.64. The van der Waals surface area contributed by atoms with Gasteiger partial charge < -0.3 is 4.74 Å². The average molecular weight is 250 g/mol. The van der Waals surface area contributed by atoms with E-state index in [0.29, 0.717) is 11.9 Å². The molecule has 1 aromatic heterocycles. The summed E-state index contributed by atoms with van der Waals surface area (Å²) in [7, 11) is 0. The fourth-order valence-corrected chi connectivity index (χ4v) is 2.72. The van der Waals surface area contributed by atoms with Crippen LogP contribution >= 0.6 is 0 Å². The van der Waals surface area contributed by atoms with E-state index in [1.165, 1.54) is 18.9 Å². The number of pyridine rings is 1. The van der Waals surface area contributed by atoms with Crippen LogP contribution in [0.3, 0.4) is 0 Å². The maximum absolute atomic E-state index is 13.0. The van der Waals surface area contributed by atoms with Gasteiger partial charge in [0.25, 0.3) is 0 Å². The van der Waals surface area contributed by atoms with E-state index in [0.717, 1.165) is 25.4 Å².